The van der Waals surface area contributed by atoms with Crippen LogP contribution >= 0.6 is 11.8 Å². The second-order valence-electron chi connectivity index (χ2n) is 7.55. The molecule has 2 aromatic carbocycles. The standard InChI is InChI=1S/C22H20N4OS/c1-22-16(12-28-21(24)26-22)6-7-27-20-5-3-14(9-17(20)22)19-10-15-8-13(11-23)2-4-18(15)25-19/h2-5,8-10,16,25H,6-7,12H2,1H3,(H2,24,26). The Hall–Kier alpha value is -2.91. The van der Waals surface area contributed by atoms with Gasteiger partial charge in [-0.3, -0.25) is 4.99 Å². The molecule has 0 saturated carbocycles. The molecule has 5 rings (SSSR count). The van der Waals surface area contributed by atoms with E-state index in [1.165, 1.54) is 0 Å². The lowest BCUT2D eigenvalue weighted by Gasteiger charge is -2.36. The summed E-state index contributed by atoms with van der Waals surface area (Å²) in [6.07, 6.45) is 0.966. The highest BCUT2D eigenvalue weighted by molar-refractivity contribution is 8.13. The van der Waals surface area contributed by atoms with Gasteiger partial charge in [-0.1, -0.05) is 11.8 Å². The molecule has 1 aromatic heterocycles. The average molecular weight is 388 g/mol. The molecule has 0 fully saturated rings. The van der Waals surface area contributed by atoms with Crippen molar-refractivity contribution in [3.63, 3.8) is 0 Å². The fourth-order valence-corrected chi connectivity index (χ4v) is 5.35. The van der Waals surface area contributed by atoms with E-state index in [0.29, 0.717) is 23.3 Å². The molecule has 0 aliphatic carbocycles. The highest BCUT2D eigenvalue weighted by Gasteiger charge is 2.42. The zero-order valence-corrected chi connectivity index (χ0v) is 16.3. The molecule has 0 saturated heterocycles. The molecular formula is C22H20N4OS. The van der Waals surface area contributed by atoms with Crippen molar-refractivity contribution >= 4 is 27.8 Å². The minimum Gasteiger partial charge on any atom is -0.493 e. The summed E-state index contributed by atoms with van der Waals surface area (Å²) in [7, 11) is 0. The normalized spacial score (nSPS) is 23.7. The lowest BCUT2D eigenvalue weighted by Crippen LogP contribution is -2.37. The predicted molar refractivity (Wildman–Crippen MR) is 113 cm³/mol. The van der Waals surface area contributed by atoms with Crippen LogP contribution in [0.15, 0.2) is 47.5 Å². The number of nitrogens with zero attached hydrogens (tertiary/aromatic N) is 2. The van der Waals surface area contributed by atoms with Gasteiger partial charge in [0.1, 0.15) is 5.75 Å². The Labute approximate surface area is 167 Å². The molecule has 0 spiro atoms. The summed E-state index contributed by atoms with van der Waals surface area (Å²) in [5, 5.41) is 10.8. The van der Waals surface area contributed by atoms with Crippen LogP contribution in [-0.2, 0) is 5.54 Å². The van der Waals surface area contributed by atoms with Gasteiger partial charge in [0.05, 0.1) is 23.8 Å². The number of aromatic amines is 1. The zero-order valence-electron chi connectivity index (χ0n) is 15.5. The van der Waals surface area contributed by atoms with E-state index in [9.17, 15) is 0 Å². The van der Waals surface area contributed by atoms with Gasteiger partial charge in [-0.25, -0.2) is 0 Å². The molecule has 3 N–H and O–H groups in total. The first-order valence-electron chi connectivity index (χ1n) is 9.35. The quantitative estimate of drug-likeness (QED) is 0.647. The molecule has 0 radical (unpaired) electrons. The number of nitrogens with one attached hydrogen (secondary N) is 1. The molecule has 140 valence electrons. The van der Waals surface area contributed by atoms with E-state index in [2.05, 4.69) is 36.2 Å². The van der Waals surface area contributed by atoms with Gasteiger partial charge >= 0.3 is 0 Å². The lowest BCUT2D eigenvalue weighted by atomic mass is 9.79. The Morgan fingerprint density at radius 3 is 3.04 bits per heavy atom. The summed E-state index contributed by atoms with van der Waals surface area (Å²) < 4.78 is 6.06. The Morgan fingerprint density at radius 1 is 1.29 bits per heavy atom. The Bertz CT molecular complexity index is 1160. The van der Waals surface area contributed by atoms with Gasteiger partial charge in [-0.15, -0.1) is 0 Å². The SMILES string of the molecule is CC12N=C(N)SCC1CCOc1ccc(-c3cc4cc(C#N)ccc4[nH]3)cc12. The summed E-state index contributed by atoms with van der Waals surface area (Å²) in [5.74, 6) is 2.24. The van der Waals surface area contributed by atoms with Crippen molar-refractivity contribution in [3.8, 4) is 23.1 Å². The number of benzene rings is 2. The van der Waals surface area contributed by atoms with E-state index in [4.69, 9.17) is 20.7 Å². The lowest BCUT2D eigenvalue weighted by molar-refractivity contribution is 0.271. The first kappa shape index (κ1) is 17.2. The smallest absolute Gasteiger partial charge is 0.154 e. The minimum absolute atomic E-state index is 0.378. The summed E-state index contributed by atoms with van der Waals surface area (Å²) in [4.78, 5) is 8.33. The summed E-state index contributed by atoms with van der Waals surface area (Å²) in [5.41, 5.74) is 10.6. The third-order valence-corrected chi connectivity index (χ3v) is 6.84. The number of nitriles is 1. The Kier molecular flexibility index (Phi) is 3.88. The van der Waals surface area contributed by atoms with Crippen molar-refractivity contribution < 1.29 is 4.74 Å². The molecule has 6 heteroatoms. The van der Waals surface area contributed by atoms with Crippen molar-refractivity contribution in [2.75, 3.05) is 12.4 Å². The second kappa shape index (κ2) is 6.32. The third-order valence-electron chi connectivity index (χ3n) is 5.88. The summed E-state index contributed by atoms with van der Waals surface area (Å²) in [6.45, 7) is 2.87. The van der Waals surface area contributed by atoms with Crippen LogP contribution in [0.25, 0.3) is 22.2 Å². The highest BCUT2D eigenvalue weighted by atomic mass is 32.2. The van der Waals surface area contributed by atoms with E-state index in [-0.39, 0.29) is 5.54 Å². The largest absolute Gasteiger partial charge is 0.493 e. The van der Waals surface area contributed by atoms with Crippen LogP contribution in [0.2, 0.25) is 0 Å². The molecule has 2 unspecified atom stereocenters. The minimum atomic E-state index is -0.378. The van der Waals surface area contributed by atoms with Gasteiger partial charge in [0.15, 0.2) is 5.17 Å². The van der Waals surface area contributed by atoms with Gasteiger partial charge in [0.25, 0.3) is 0 Å². The van der Waals surface area contributed by atoms with Crippen molar-refractivity contribution in [3.05, 3.63) is 53.6 Å². The number of thioether (sulfide) groups is 1. The fourth-order valence-electron chi connectivity index (χ4n) is 4.23. The van der Waals surface area contributed by atoms with Gasteiger partial charge in [0.2, 0.25) is 0 Å². The molecule has 2 aliphatic heterocycles. The Balaban J connectivity index is 1.65. The summed E-state index contributed by atoms with van der Waals surface area (Å²) >= 11 is 1.63. The van der Waals surface area contributed by atoms with Crippen LogP contribution < -0.4 is 10.5 Å². The number of rotatable bonds is 1. The molecule has 0 amide bonds. The van der Waals surface area contributed by atoms with Crippen LogP contribution in [0, 0.1) is 17.2 Å². The number of ether oxygens (including phenoxy) is 1. The molecule has 3 aromatic rings. The van der Waals surface area contributed by atoms with Crippen LogP contribution in [0.1, 0.15) is 24.5 Å². The maximum atomic E-state index is 9.14. The van der Waals surface area contributed by atoms with Crippen molar-refractivity contribution in [1.29, 1.82) is 5.26 Å². The van der Waals surface area contributed by atoms with Gasteiger partial charge in [0, 0.05) is 33.8 Å². The van der Waals surface area contributed by atoms with Crippen molar-refractivity contribution in [1.82, 2.24) is 4.98 Å². The molecule has 2 aliphatic rings. The number of fused-ring (bicyclic) bond motifs is 4. The number of nitrogens with two attached hydrogens (primary N) is 1. The number of hydrogen-bond donors (Lipinski definition) is 2. The fraction of sp³-hybridized carbons (Fsp3) is 0.273. The number of hydrogen-bond acceptors (Lipinski definition) is 5. The van der Waals surface area contributed by atoms with Crippen molar-refractivity contribution in [2.24, 2.45) is 16.6 Å². The molecule has 2 atom stereocenters. The van der Waals surface area contributed by atoms with Crippen LogP contribution in [-0.4, -0.2) is 22.5 Å². The van der Waals surface area contributed by atoms with E-state index in [1.807, 2.05) is 24.3 Å². The molecule has 5 nitrogen and oxygen atoms in total. The van der Waals surface area contributed by atoms with Crippen LogP contribution in [0.4, 0.5) is 0 Å². The average Bonchev–Trinajstić information content (AvgIpc) is 3.06. The number of aliphatic imine (C=N–C) groups is 1. The highest BCUT2D eigenvalue weighted by Crippen LogP contribution is 2.47. The van der Waals surface area contributed by atoms with E-state index < -0.39 is 0 Å². The topological polar surface area (TPSA) is 87.2 Å². The van der Waals surface area contributed by atoms with E-state index in [0.717, 1.165) is 45.6 Å². The van der Waals surface area contributed by atoms with Crippen LogP contribution in [0.5, 0.6) is 5.75 Å². The number of aromatic nitrogens is 1. The molecule has 3 heterocycles. The van der Waals surface area contributed by atoms with Crippen molar-refractivity contribution in [2.45, 2.75) is 18.9 Å². The monoisotopic (exact) mass is 388 g/mol. The first-order chi connectivity index (χ1) is 13.6. The maximum absolute atomic E-state index is 9.14. The maximum Gasteiger partial charge on any atom is 0.154 e. The van der Waals surface area contributed by atoms with E-state index >= 15 is 0 Å². The molecular weight excluding hydrogens is 368 g/mol. The Morgan fingerprint density at radius 2 is 2.18 bits per heavy atom. The second-order valence-corrected chi connectivity index (χ2v) is 8.59. The molecule has 28 heavy (non-hydrogen) atoms. The van der Waals surface area contributed by atoms with E-state index in [1.54, 1.807) is 11.8 Å². The zero-order chi connectivity index (χ0) is 19.3. The van der Waals surface area contributed by atoms with Gasteiger partial charge in [-0.05, 0) is 61.4 Å². The number of H-pyrrole nitrogens is 1. The third kappa shape index (κ3) is 2.66. The first-order valence-corrected chi connectivity index (χ1v) is 10.3. The number of amidine groups is 1. The summed E-state index contributed by atoms with van der Waals surface area (Å²) in [6, 6.07) is 16.3. The van der Waals surface area contributed by atoms with Crippen LogP contribution in [0.3, 0.4) is 0 Å². The predicted octanol–water partition coefficient (Wildman–Crippen LogP) is 4.38. The van der Waals surface area contributed by atoms with Gasteiger partial charge in [-0.2, -0.15) is 5.26 Å². The van der Waals surface area contributed by atoms with Gasteiger partial charge < -0.3 is 15.5 Å². The molecule has 0 bridgehead atoms.